The normalized spacial score (nSPS) is 16.6. The molecule has 2 N–H and O–H groups in total. The SMILES string of the molecule is COc1cccc(N2CC(NC(=O)Nc3cccc(F)c3)CC2=O)c1. The first-order chi connectivity index (χ1) is 12.0. The summed E-state index contributed by atoms with van der Waals surface area (Å²) >= 11 is 0. The second-order valence-electron chi connectivity index (χ2n) is 5.72. The lowest BCUT2D eigenvalue weighted by Crippen LogP contribution is -2.39. The zero-order chi connectivity index (χ0) is 17.8. The number of halogens is 1. The number of nitrogens with zero attached hydrogens (tertiary/aromatic N) is 1. The zero-order valence-corrected chi connectivity index (χ0v) is 13.7. The lowest BCUT2D eigenvalue weighted by atomic mass is 10.2. The van der Waals surface area contributed by atoms with Gasteiger partial charge in [-0.15, -0.1) is 0 Å². The fraction of sp³-hybridized carbons (Fsp3) is 0.222. The third kappa shape index (κ3) is 4.06. The first-order valence-corrected chi connectivity index (χ1v) is 7.82. The number of ether oxygens (including phenoxy) is 1. The summed E-state index contributed by atoms with van der Waals surface area (Å²) in [4.78, 5) is 25.9. The molecule has 0 spiro atoms. The van der Waals surface area contributed by atoms with Gasteiger partial charge in [-0.2, -0.15) is 0 Å². The molecule has 0 radical (unpaired) electrons. The highest BCUT2D eigenvalue weighted by Crippen LogP contribution is 2.25. The van der Waals surface area contributed by atoms with Crippen molar-refractivity contribution in [2.75, 3.05) is 23.9 Å². The molecule has 1 fully saturated rings. The van der Waals surface area contributed by atoms with Gasteiger partial charge in [0.05, 0.1) is 13.2 Å². The molecule has 7 heteroatoms. The summed E-state index contributed by atoms with van der Waals surface area (Å²) in [5.74, 6) is 0.146. The van der Waals surface area contributed by atoms with Gasteiger partial charge in [0.25, 0.3) is 0 Å². The Morgan fingerprint density at radius 1 is 1.24 bits per heavy atom. The molecule has 3 rings (SSSR count). The van der Waals surface area contributed by atoms with E-state index >= 15 is 0 Å². The molecular formula is C18H18FN3O3. The van der Waals surface area contributed by atoms with Crippen molar-refractivity contribution >= 4 is 23.3 Å². The minimum absolute atomic E-state index is 0.0793. The highest BCUT2D eigenvalue weighted by Gasteiger charge is 2.31. The third-order valence-electron chi connectivity index (χ3n) is 3.91. The van der Waals surface area contributed by atoms with Crippen LogP contribution in [0.1, 0.15) is 6.42 Å². The molecule has 0 aromatic heterocycles. The Morgan fingerprint density at radius 2 is 2.04 bits per heavy atom. The number of methoxy groups -OCH3 is 1. The number of carbonyl (C=O) groups excluding carboxylic acids is 2. The molecule has 1 heterocycles. The lowest BCUT2D eigenvalue weighted by molar-refractivity contribution is -0.117. The number of amides is 3. The van der Waals surface area contributed by atoms with Crippen LogP contribution in [0.4, 0.5) is 20.6 Å². The van der Waals surface area contributed by atoms with E-state index in [1.54, 1.807) is 36.3 Å². The van der Waals surface area contributed by atoms with E-state index in [0.717, 1.165) is 5.69 Å². The molecular weight excluding hydrogens is 325 g/mol. The van der Waals surface area contributed by atoms with Crippen LogP contribution in [-0.4, -0.2) is 31.6 Å². The Balaban J connectivity index is 1.61. The predicted octanol–water partition coefficient (Wildman–Crippen LogP) is 2.76. The third-order valence-corrected chi connectivity index (χ3v) is 3.91. The summed E-state index contributed by atoms with van der Waals surface area (Å²) in [6.45, 7) is 0.364. The maximum absolute atomic E-state index is 13.1. The van der Waals surface area contributed by atoms with Crippen LogP contribution in [0.2, 0.25) is 0 Å². The van der Waals surface area contributed by atoms with Crippen LogP contribution in [-0.2, 0) is 4.79 Å². The van der Waals surface area contributed by atoms with Crippen molar-refractivity contribution in [3.8, 4) is 5.75 Å². The van der Waals surface area contributed by atoms with Gasteiger partial charge < -0.3 is 20.3 Å². The molecule has 1 aliphatic heterocycles. The van der Waals surface area contributed by atoms with Crippen molar-refractivity contribution in [3.63, 3.8) is 0 Å². The molecule has 1 saturated heterocycles. The van der Waals surface area contributed by atoms with E-state index in [1.807, 2.05) is 6.07 Å². The van der Waals surface area contributed by atoms with Gasteiger partial charge in [0.15, 0.2) is 0 Å². The number of rotatable bonds is 4. The molecule has 0 aliphatic carbocycles. The first kappa shape index (κ1) is 16.8. The topological polar surface area (TPSA) is 70.7 Å². The van der Waals surface area contributed by atoms with Crippen molar-refractivity contribution in [2.24, 2.45) is 0 Å². The van der Waals surface area contributed by atoms with E-state index in [9.17, 15) is 14.0 Å². The van der Waals surface area contributed by atoms with Crippen LogP contribution >= 0.6 is 0 Å². The standard InChI is InChI=1S/C18H18FN3O3/c1-25-16-7-3-6-15(10-16)22-11-14(9-17(22)23)21-18(24)20-13-5-2-4-12(19)8-13/h2-8,10,14H,9,11H2,1H3,(H2,20,21,24). The number of carbonyl (C=O) groups is 2. The summed E-state index contributed by atoms with van der Waals surface area (Å²) in [6, 6.07) is 12.0. The second-order valence-corrected chi connectivity index (χ2v) is 5.72. The first-order valence-electron chi connectivity index (χ1n) is 7.82. The lowest BCUT2D eigenvalue weighted by Gasteiger charge is -2.18. The van der Waals surface area contributed by atoms with Gasteiger partial charge in [0.1, 0.15) is 11.6 Å². The Morgan fingerprint density at radius 3 is 2.80 bits per heavy atom. The minimum atomic E-state index is -0.476. The van der Waals surface area contributed by atoms with Crippen molar-refractivity contribution in [2.45, 2.75) is 12.5 Å². The van der Waals surface area contributed by atoms with Crippen molar-refractivity contribution in [1.82, 2.24) is 5.32 Å². The maximum Gasteiger partial charge on any atom is 0.319 e. The maximum atomic E-state index is 13.1. The van der Waals surface area contributed by atoms with E-state index in [-0.39, 0.29) is 18.4 Å². The molecule has 1 atom stereocenters. The number of nitrogens with one attached hydrogen (secondary N) is 2. The van der Waals surface area contributed by atoms with Gasteiger partial charge in [0.2, 0.25) is 5.91 Å². The number of benzene rings is 2. The van der Waals surface area contributed by atoms with Gasteiger partial charge >= 0.3 is 6.03 Å². The highest BCUT2D eigenvalue weighted by molar-refractivity contribution is 5.97. The summed E-state index contributed by atoms with van der Waals surface area (Å²) in [5.41, 5.74) is 1.07. The van der Waals surface area contributed by atoms with Crippen molar-refractivity contribution in [3.05, 3.63) is 54.3 Å². The smallest absolute Gasteiger partial charge is 0.319 e. The predicted molar refractivity (Wildman–Crippen MR) is 92.3 cm³/mol. The van der Waals surface area contributed by atoms with E-state index in [1.165, 1.54) is 18.2 Å². The quantitative estimate of drug-likeness (QED) is 0.897. The number of hydrogen-bond acceptors (Lipinski definition) is 3. The largest absolute Gasteiger partial charge is 0.497 e. The van der Waals surface area contributed by atoms with Crippen LogP contribution in [0.15, 0.2) is 48.5 Å². The Labute approximate surface area is 144 Å². The van der Waals surface area contributed by atoms with Crippen LogP contribution in [0.3, 0.4) is 0 Å². The molecule has 3 amide bonds. The van der Waals surface area contributed by atoms with Crippen LogP contribution in [0, 0.1) is 5.82 Å². The summed E-state index contributed by atoms with van der Waals surface area (Å²) in [5, 5.41) is 5.30. The fourth-order valence-electron chi connectivity index (χ4n) is 2.75. The molecule has 6 nitrogen and oxygen atoms in total. The Hall–Kier alpha value is -3.09. The van der Waals surface area contributed by atoms with E-state index in [0.29, 0.717) is 18.0 Å². The Bertz CT molecular complexity index is 797. The fourth-order valence-corrected chi connectivity index (χ4v) is 2.75. The highest BCUT2D eigenvalue weighted by atomic mass is 19.1. The molecule has 0 saturated carbocycles. The second kappa shape index (κ2) is 7.21. The monoisotopic (exact) mass is 343 g/mol. The van der Waals surface area contributed by atoms with Crippen molar-refractivity contribution < 1.29 is 18.7 Å². The molecule has 2 aromatic rings. The van der Waals surface area contributed by atoms with Crippen LogP contribution < -0.4 is 20.3 Å². The number of urea groups is 1. The minimum Gasteiger partial charge on any atom is -0.497 e. The molecule has 1 aliphatic rings. The van der Waals surface area contributed by atoms with Crippen molar-refractivity contribution in [1.29, 1.82) is 0 Å². The molecule has 130 valence electrons. The van der Waals surface area contributed by atoms with Gasteiger partial charge in [-0.3, -0.25) is 4.79 Å². The number of anilines is 2. The van der Waals surface area contributed by atoms with Gasteiger partial charge in [-0.05, 0) is 30.3 Å². The summed E-state index contributed by atoms with van der Waals surface area (Å²) < 4.78 is 18.3. The van der Waals surface area contributed by atoms with Gasteiger partial charge in [-0.1, -0.05) is 12.1 Å². The van der Waals surface area contributed by atoms with Gasteiger partial charge in [-0.25, -0.2) is 9.18 Å². The van der Waals surface area contributed by atoms with Crippen LogP contribution in [0.25, 0.3) is 0 Å². The molecule has 0 bridgehead atoms. The van der Waals surface area contributed by atoms with E-state index in [2.05, 4.69) is 10.6 Å². The Kier molecular flexibility index (Phi) is 4.83. The summed E-state index contributed by atoms with van der Waals surface area (Å²) in [6.07, 6.45) is 0.202. The zero-order valence-electron chi connectivity index (χ0n) is 13.7. The number of hydrogen-bond donors (Lipinski definition) is 2. The van der Waals surface area contributed by atoms with E-state index < -0.39 is 11.8 Å². The van der Waals surface area contributed by atoms with Crippen LogP contribution in [0.5, 0.6) is 5.75 Å². The average molecular weight is 343 g/mol. The molecule has 25 heavy (non-hydrogen) atoms. The molecule has 2 aromatic carbocycles. The van der Waals surface area contributed by atoms with E-state index in [4.69, 9.17) is 4.74 Å². The average Bonchev–Trinajstić information content (AvgIpc) is 2.95. The molecule has 1 unspecified atom stereocenters. The summed E-state index contributed by atoms with van der Waals surface area (Å²) in [7, 11) is 1.56. The van der Waals surface area contributed by atoms with Gasteiger partial charge in [0, 0.05) is 30.4 Å².